The Morgan fingerprint density at radius 2 is 1.46 bits per heavy atom. The van der Waals surface area contributed by atoms with E-state index in [0.717, 1.165) is 16.9 Å². The fraction of sp³-hybridized carbons (Fsp3) is 0.217. The molecule has 2 saturated heterocycles. The molecule has 2 aliphatic heterocycles. The minimum atomic E-state index is -1.44. The molecule has 2 heterocycles. The highest BCUT2D eigenvalue weighted by atomic mass is 35.5. The number of aromatic hydroxyl groups is 1. The molecule has 10 heteroatoms. The van der Waals surface area contributed by atoms with Crippen LogP contribution in [0.2, 0.25) is 5.02 Å². The monoisotopic (exact) mass is 763 g/mol. The van der Waals surface area contributed by atoms with Crippen molar-refractivity contribution in [2.24, 2.45) is 23.7 Å². The molecule has 280 valence electrons. The first-order valence-electron chi connectivity index (χ1n) is 18.9. The minimum absolute atomic E-state index is 0.0578. The van der Waals surface area contributed by atoms with Crippen molar-refractivity contribution >= 4 is 58.0 Å². The van der Waals surface area contributed by atoms with Crippen LogP contribution in [0.5, 0.6) is 11.5 Å². The first-order valence-corrected chi connectivity index (χ1v) is 19.2. The molecule has 1 saturated carbocycles. The van der Waals surface area contributed by atoms with Crippen molar-refractivity contribution < 1.29 is 29.0 Å². The van der Waals surface area contributed by atoms with Gasteiger partial charge in [0.15, 0.2) is 11.5 Å². The molecule has 56 heavy (non-hydrogen) atoms. The third-order valence-electron chi connectivity index (χ3n) is 12.0. The molecule has 0 bridgehead atoms. The standard InChI is InChI=1S/C46H38ClN3O6/c1-2-56-39-24-27(16-23-38(39)51)41-34-21-22-35-40(44(54)49(42(35)52)32-19-17-31(18-20-32)48-30-13-7-4-8-14-30)36(34)26-37-43(53)50(33-15-9-12-29(47)25-33)45(55)46(37,41)28-10-5-3-6-11-28/h3-21,23-25,35-37,40-41,48,51H,2,22,26H2,1H3. The Bertz CT molecular complexity index is 2420. The van der Waals surface area contributed by atoms with E-state index >= 15 is 9.59 Å². The Hall–Kier alpha value is -6.19. The van der Waals surface area contributed by atoms with Crippen molar-refractivity contribution in [1.29, 1.82) is 0 Å². The quantitative estimate of drug-likeness (QED) is 0.120. The predicted octanol–water partition coefficient (Wildman–Crippen LogP) is 8.55. The molecule has 4 amide bonds. The number of allylic oxidation sites excluding steroid dienone is 2. The van der Waals surface area contributed by atoms with Crippen molar-refractivity contribution in [3.8, 4) is 11.5 Å². The molecule has 9 nitrogen and oxygen atoms in total. The number of amides is 4. The van der Waals surface area contributed by atoms with Crippen LogP contribution in [0.1, 0.15) is 36.8 Å². The van der Waals surface area contributed by atoms with Crippen LogP contribution < -0.4 is 19.9 Å². The van der Waals surface area contributed by atoms with Gasteiger partial charge in [-0.1, -0.05) is 83.9 Å². The van der Waals surface area contributed by atoms with Crippen LogP contribution in [0.3, 0.4) is 0 Å². The minimum Gasteiger partial charge on any atom is -0.504 e. The molecule has 0 aromatic heterocycles. The molecule has 4 aliphatic rings. The van der Waals surface area contributed by atoms with E-state index in [2.05, 4.69) is 5.32 Å². The van der Waals surface area contributed by atoms with Crippen molar-refractivity contribution in [2.45, 2.75) is 31.1 Å². The number of phenols is 1. The fourth-order valence-corrected chi connectivity index (χ4v) is 9.92. The number of imide groups is 2. The largest absolute Gasteiger partial charge is 0.504 e. The number of para-hydroxylation sites is 1. The highest BCUT2D eigenvalue weighted by Crippen LogP contribution is 2.65. The number of carbonyl (C=O) groups is 4. The summed E-state index contributed by atoms with van der Waals surface area (Å²) in [6.45, 7) is 2.11. The van der Waals surface area contributed by atoms with Crippen LogP contribution in [0.4, 0.5) is 22.7 Å². The Balaban J connectivity index is 1.18. The molecule has 9 rings (SSSR count). The van der Waals surface area contributed by atoms with Crippen LogP contribution in [0.15, 0.2) is 139 Å². The lowest BCUT2D eigenvalue weighted by Gasteiger charge is -2.50. The Kier molecular flexibility index (Phi) is 8.77. The van der Waals surface area contributed by atoms with Crippen LogP contribution >= 0.6 is 11.6 Å². The molecule has 0 spiro atoms. The number of nitrogens with one attached hydrogen (secondary N) is 1. The highest BCUT2D eigenvalue weighted by molar-refractivity contribution is 6.32. The van der Waals surface area contributed by atoms with Gasteiger partial charge in [0, 0.05) is 22.3 Å². The van der Waals surface area contributed by atoms with E-state index in [1.54, 1.807) is 54.6 Å². The van der Waals surface area contributed by atoms with E-state index in [4.69, 9.17) is 16.3 Å². The number of fused-ring (bicyclic) bond motifs is 4. The Morgan fingerprint density at radius 3 is 2.18 bits per heavy atom. The molecule has 6 atom stereocenters. The fourth-order valence-electron chi connectivity index (χ4n) is 9.74. The second kappa shape index (κ2) is 13.8. The van der Waals surface area contributed by atoms with E-state index in [-0.39, 0.29) is 36.2 Å². The molecular weight excluding hydrogens is 726 g/mol. The third-order valence-corrected chi connectivity index (χ3v) is 12.2. The average molecular weight is 764 g/mol. The normalized spacial score (nSPS) is 25.4. The van der Waals surface area contributed by atoms with Crippen molar-refractivity contribution in [3.63, 3.8) is 0 Å². The number of nitrogens with zero attached hydrogens (tertiary/aromatic N) is 2. The van der Waals surface area contributed by atoms with Gasteiger partial charge in [0.1, 0.15) is 0 Å². The summed E-state index contributed by atoms with van der Waals surface area (Å²) in [4.78, 5) is 62.0. The van der Waals surface area contributed by atoms with Crippen LogP contribution in [0, 0.1) is 23.7 Å². The summed E-state index contributed by atoms with van der Waals surface area (Å²) in [7, 11) is 0. The number of rotatable bonds is 8. The maximum Gasteiger partial charge on any atom is 0.246 e. The van der Waals surface area contributed by atoms with Gasteiger partial charge in [-0.05, 0) is 104 Å². The number of hydrogen-bond acceptors (Lipinski definition) is 7. The zero-order valence-electron chi connectivity index (χ0n) is 30.5. The van der Waals surface area contributed by atoms with Gasteiger partial charge in [0.2, 0.25) is 23.6 Å². The zero-order valence-corrected chi connectivity index (χ0v) is 31.2. The molecule has 5 aromatic rings. The SMILES string of the molecule is CCOc1cc(C2C3=CCC4C(=O)N(c5ccc(Nc6ccccc6)cc5)C(=O)C4C3CC3C(=O)N(c4cccc(Cl)c4)C(=O)C32c2ccccc2)ccc1O. The number of halogens is 1. The number of hydrogen-bond donors (Lipinski definition) is 2. The molecular formula is C46H38ClN3O6. The Labute approximate surface area is 329 Å². The topological polar surface area (TPSA) is 116 Å². The predicted molar refractivity (Wildman–Crippen MR) is 214 cm³/mol. The maximum atomic E-state index is 15.5. The van der Waals surface area contributed by atoms with Crippen molar-refractivity contribution in [2.75, 3.05) is 21.7 Å². The van der Waals surface area contributed by atoms with Crippen LogP contribution in [0.25, 0.3) is 0 Å². The van der Waals surface area contributed by atoms with Gasteiger partial charge in [-0.15, -0.1) is 0 Å². The number of phenolic OH excluding ortho intramolecular Hbond substituents is 1. The van der Waals surface area contributed by atoms with E-state index in [9.17, 15) is 14.7 Å². The molecule has 2 N–H and O–H groups in total. The summed E-state index contributed by atoms with van der Waals surface area (Å²) < 4.78 is 5.85. The van der Waals surface area contributed by atoms with E-state index < -0.39 is 46.8 Å². The summed E-state index contributed by atoms with van der Waals surface area (Å²) >= 11 is 6.44. The molecule has 0 radical (unpaired) electrons. The molecule has 2 aliphatic carbocycles. The van der Waals surface area contributed by atoms with E-state index in [0.29, 0.717) is 34.1 Å². The molecule has 3 fully saturated rings. The first kappa shape index (κ1) is 35.5. The maximum absolute atomic E-state index is 15.5. The average Bonchev–Trinajstić information content (AvgIpc) is 3.60. The van der Waals surface area contributed by atoms with Crippen LogP contribution in [-0.4, -0.2) is 35.3 Å². The van der Waals surface area contributed by atoms with Gasteiger partial charge in [0.05, 0.1) is 41.2 Å². The third kappa shape index (κ3) is 5.44. The number of anilines is 4. The second-order valence-electron chi connectivity index (χ2n) is 14.8. The summed E-state index contributed by atoms with van der Waals surface area (Å²) in [5, 5.41) is 14.5. The first-order chi connectivity index (χ1) is 27.2. The molecule has 5 aromatic carbocycles. The Morgan fingerprint density at radius 1 is 0.750 bits per heavy atom. The number of carbonyl (C=O) groups excluding carboxylic acids is 4. The lowest BCUT2D eigenvalue weighted by Crippen LogP contribution is -2.53. The number of ether oxygens (including phenoxy) is 1. The van der Waals surface area contributed by atoms with Crippen molar-refractivity contribution in [1.82, 2.24) is 0 Å². The van der Waals surface area contributed by atoms with Gasteiger partial charge >= 0.3 is 0 Å². The van der Waals surface area contributed by atoms with Gasteiger partial charge < -0.3 is 15.2 Å². The summed E-state index contributed by atoms with van der Waals surface area (Å²) in [5.41, 5.74) is 3.23. The smallest absolute Gasteiger partial charge is 0.246 e. The second-order valence-corrected chi connectivity index (χ2v) is 15.2. The lowest BCUT2D eigenvalue weighted by molar-refractivity contribution is -0.127. The summed E-state index contributed by atoms with van der Waals surface area (Å²) in [6, 6.07) is 38.0. The summed E-state index contributed by atoms with van der Waals surface area (Å²) in [5.74, 6) is -4.83. The number of benzene rings is 5. The van der Waals surface area contributed by atoms with Gasteiger partial charge in [0.25, 0.3) is 0 Å². The molecule has 6 unspecified atom stereocenters. The van der Waals surface area contributed by atoms with Gasteiger partial charge in [-0.2, -0.15) is 0 Å². The van der Waals surface area contributed by atoms with Gasteiger partial charge in [-0.25, -0.2) is 4.90 Å². The van der Waals surface area contributed by atoms with E-state index in [1.807, 2.05) is 85.8 Å². The lowest BCUT2D eigenvalue weighted by atomic mass is 9.49. The van der Waals surface area contributed by atoms with Gasteiger partial charge in [-0.3, -0.25) is 24.1 Å². The highest BCUT2D eigenvalue weighted by Gasteiger charge is 2.70. The zero-order chi connectivity index (χ0) is 38.7. The van der Waals surface area contributed by atoms with E-state index in [1.165, 1.54) is 9.80 Å². The van der Waals surface area contributed by atoms with Crippen LogP contribution in [-0.2, 0) is 24.6 Å². The summed E-state index contributed by atoms with van der Waals surface area (Å²) in [6.07, 6.45) is 2.48. The van der Waals surface area contributed by atoms with Crippen molar-refractivity contribution in [3.05, 3.63) is 155 Å².